The maximum atomic E-state index is 13.9. The lowest BCUT2D eigenvalue weighted by atomic mass is 10.1. The highest BCUT2D eigenvalue weighted by atomic mass is 32.2. The molecule has 4 rings (SSSR count). The highest BCUT2D eigenvalue weighted by Gasteiger charge is 2.57. The van der Waals surface area contributed by atoms with Crippen molar-refractivity contribution < 1.29 is 36.7 Å². The van der Waals surface area contributed by atoms with Crippen LogP contribution < -0.4 is 10.4 Å². The summed E-state index contributed by atoms with van der Waals surface area (Å²) in [7, 11) is -7.65. The number of cyclic esters (lactones) is 1. The standard InChI is InChI=1S/C32H37NO8SSi/c1-22-17-19-25(20-18-22)42(37,38)33(23(2)34)29-28(41-31(36)30(29)40-24(3)35)21-39-43(32(4,5)6,26-13-9-7-10-14-26)27-15-11-8-12-16-27/h7-20,28-30H,21H2,1-6H3/t28-,29-,30+/m1/s1. The third kappa shape index (κ3) is 6.29. The van der Waals surface area contributed by atoms with Gasteiger partial charge >= 0.3 is 11.9 Å². The fraction of sp³-hybridized carbons (Fsp3) is 0.344. The van der Waals surface area contributed by atoms with Crippen LogP contribution in [0.15, 0.2) is 89.8 Å². The van der Waals surface area contributed by atoms with E-state index < -0.39 is 59.5 Å². The van der Waals surface area contributed by atoms with Gasteiger partial charge in [-0.05, 0) is 34.5 Å². The SMILES string of the molecule is CC(=O)O[C@@H]1C(=O)O[C@H](CO[Si](c2ccccc2)(c2ccccc2)C(C)(C)C)[C@H]1N(C(C)=O)S(=O)(=O)c1ccc(C)cc1. The zero-order valence-electron chi connectivity index (χ0n) is 25.1. The van der Waals surface area contributed by atoms with Gasteiger partial charge in [-0.25, -0.2) is 17.5 Å². The molecule has 3 atom stereocenters. The molecule has 1 fully saturated rings. The van der Waals surface area contributed by atoms with E-state index in [1.54, 1.807) is 19.1 Å². The second kappa shape index (κ2) is 12.4. The van der Waals surface area contributed by atoms with Crippen LogP contribution >= 0.6 is 0 Å². The summed E-state index contributed by atoms with van der Waals surface area (Å²) in [4.78, 5) is 38.2. The first-order valence-electron chi connectivity index (χ1n) is 13.9. The first-order valence-corrected chi connectivity index (χ1v) is 17.3. The number of benzene rings is 3. The van der Waals surface area contributed by atoms with Gasteiger partial charge in [-0.2, -0.15) is 0 Å². The van der Waals surface area contributed by atoms with Crippen LogP contribution in [0.1, 0.15) is 40.2 Å². The number of hydrogen-bond donors (Lipinski definition) is 0. The molecule has 1 aliphatic heterocycles. The van der Waals surface area contributed by atoms with Gasteiger partial charge in [0.05, 0.1) is 11.5 Å². The van der Waals surface area contributed by atoms with E-state index >= 15 is 0 Å². The molecule has 0 saturated carbocycles. The first kappa shape index (κ1) is 32.1. The molecular formula is C32H37NO8SSi. The van der Waals surface area contributed by atoms with E-state index in [2.05, 4.69) is 20.8 Å². The van der Waals surface area contributed by atoms with Crippen molar-refractivity contribution in [3.63, 3.8) is 0 Å². The third-order valence-corrected chi connectivity index (χ3v) is 14.4. The summed E-state index contributed by atoms with van der Waals surface area (Å²) in [5, 5.41) is 1.49. The van der Waals surface area contributed by atoms with Crippen LogP contribution in [0.2, 0.25) is 5.04 Å². The van der Waals surface area contributed by atoms with Crippen molar-refractivity contribution in [2.75, 3.05) is 6.61 Å². The largest absolute Gasteiger partial charge is 0.455 e. The van der Waals surface area contributed by atoms with Crippen molar-refractivity contribution in [3.05, 3.63) is 90.5 Å². The van der Waals surface area contributed by atoms with Gasteiger partial charge in [0.25, 0.3) is 18.3 Å². The summed E-state index contributed by atoms with van der Waals surface area (Å²) in [5.74, 6) is -2.64. The van der Waals surface area contributed by atoms with Crippen LogP contribution in [-0.4, -0.2) is 63.7 Å². The molecule has 43 heavy (non-hydrogen) atoms. The van der Waals surface area contributed by atoms with E-state index in [0.29, 0.717) is 4.31 Å². The molecule has 0 radical (unpaired) electrons. The second-order valence-electron chi connectivity index (χ2n) is 11.6. The van der Waals surface area contributed by atoms with Gasteiger partial charge in [-0.3, -0.25) is 9.59 Å². The topological polar surface area (TPSA) is 116 Å². The van der Waals surface area contributed by atoms with Crippen molar-refractivity contribution in [2.45, 2.75) is 69.7 Å². The molecule has 1 amide bonds. The molecule has 3 aromatic carbocycles. The number of rotatable bonds is 9. The van der Waals surface area contributed by atoms with Gasteiger partial charge in [-0.15, -0.1) is 0 Å². The van der Waals surface area contributed by atoms with E-state index in [4.69, 9.17) is 13.9 Å². The first-order chi connectivity index (χ1) is 20.2. The second-order valence-corrected chi connectivity index (χ2v) is 17.7. The fourth-order valence-electron chi connectivity index (χ4n) is 5.66. The number of amides is 1. The number of ether oxygens (including phenoxy) is 2. The van der Waals surface area contributed by atoms with E-state index in [-0.39, 0.29) is 11.5 Å². The maximum absolute atomic E-state index is 13.9. The Morgan fingerprint density at radius 2 is 1.40 bits per heavy atom. The van der Waals surface area contributed by atoms with Gasteiger partial charge in [0.1, 0.15) is 12.1 Å². The van der Waals surface area contributed by atoms with Gasteiger partial charge < -0.3 is 13.9 Å². The zero-order valence-corrected chi connectivity index (χ0v) is 27.0. The van der Waals surface area contributed by atoms with Crippen LogP contribution in [0, 0.1) is 6.92 Å². The van der Waals surface area contributed by atoms with E-state index in [1.165, 1.54) is 12.1 Å². The van der Waals surface area contributed by atoms with Gasteiger partial charge in [0, 0.05) is 13.8 Å². The highest BCUT2D eigenvalue weighted by molar-refractivity contribution is 7.89. The molecule has 0 aliphatic carbocycles. The smallest absolute Gasteiger partial charge is 0.350 e. The van der Waals surface area contributed by atoms with E-state index in [0.717, 1.165) is 29.8 Å². The van der Waals surface area contributed by atoms with Crippen molar-refractivity contribution in [1.29, 1.82) is 0 Å². The predicted molar refractivity (Wildman–Crippen MR) is 164 cm³/mol. The number of carbonyl (C=O) groups excluding carboxylic acids is 3. The average molecular weight is 624 g/mol. The Labute approximate surface area is 253 Å². The van der Waals surface area contributed by atoms with Crippen molar-refractivity contribution >= 4 is 46.6 Å². The van der Waals surface area contributed by atoms with Gasteiger partial charge in [-0.1, -0.05) is 99.1 Å². The Kier molecular flexibility index (Phi) is 9.29. The molecule has 0 bridgehead atoms. The van der Waals surface area contributed by atoms with Crippen LogP contribution in [0.3, 0.4) is 0 Å². The summed E-state index contributed by atoms with van der Waals surface area (Å²) in [6.45, 7) is 9.95. The number of aryl methyl sites for hydroxylation is 1. The lowest BCUT2D eigenvalue weighted by Gasteiger charge is -2.44. The lowest BCUT2D eigenvalue weighted by molar-refractivity contribution is -0.160. The normalized spacial score (nSPS) is 19.0. The summed E-state index contributed by atoms with van der Waals surface area (Å²) in [6, 6.07) is 24.0. The average Bonchev–Trinajstić information content (AvgIpc) is 3.23. The molecule has 1 saturated heterocycles. The Hall–Kier alpha value is -3.80. The van der Waals surface area contributed by atoms with Crippen LogP contribution in [0.4, 0.5) is 0 Å². The lowest BCUT2D eigenvalue weighted by Crippen LogP contribution is -2.67. The molecular weight excluding hydrogens is 587 g/mol. The zero-order chi connectivity index (χ0) is 31.6. The Bertz CT molecular complexity index is 1530. The summed E-state index contributed by atoms with van der Waals surface area (Å²) in [6.07, 6.45) is -2.93. The number of carbonyl (C=O) groups is 3. The Balaban J connectivity index is 1.84. The molecule has 0 spiro atoms. The number of hydrogen-bond acceptors (Lipinski definition) is 8. The van der Waals surface area contributed by atoms with Gasteiger partial charge in [0.2, 0.25) is 12.0 Å². The molecule has 11 heteroatoms. The summed E-state index contributed by atoms with van der Waals surface area (Å²) >= 11 is 0. The molecule has 1 aliphatic rings. The van der Waals surface area contributed by atoms with Crippen molar-refractivity contribution in [3.8, 4) is 0 Å². The minimum atomic E-state index is -4.50. The Morgan fingerprint density at radius 3 is 1.84 bits per heavy atom. The van der Waals surface area contributed by atoms with Crippen LogP contribution in [0.25, 0.3) is 0 Å². The summed E-state index contributed by atoms with van der Waals surface area (Å²) in [5.41, 5.74) is 0.821. The van der Waals surface area contributed by atoms with E-state index in [9.17, 15) is 22.8 Å². The van der Waals surface area contributed by atoms with Crippen LogP contribution in [-0.2, 0) is 38.3 Å². The molecule has 9 nitrogen and oxygen atoms in total. The number of esters is 2. The maximum Gasteiger partial charge on any atom is 0.350 e. The molecule has 0 aromatic heterocycles. The van der Waals surface area contributed by atoms with Crippen molar-refractivity contribution in [1.82, 2.24) is 4.31 Å². The summed E-state index contributed by atoms with van der Waals surface area (Å²) < 4.78 is 46.3. The quantitative estimate of drug-likeness (QED) is 0.263. The minimum Gasteiger partial charge on any atom is -0.455 e. The van der Waals surface area contributed by atoms with Crippen molar-refractivity contribution in [2.24, 2.45) is 0 Å². The molecule has 0 unspecified atom stereocenters. The molecule has 228 valence electrons. The predicted octanol–water partition coefficient (Wildman–Crippen LogP) is 3.33. The monoisotopic (exact) mass is 623 g/mol. The number of nitrogens with zero attached hydrogens (tertiary/aromatic N) is 1. The van der Waals surface area contributed by atoms with E-state index in [1.807, 2.05) is 60.7 Å². The molecule has 3 aromatic rings. The van der Waals surface area contributed by atoms with Gasteiger partial charge in [0.15, 0.2) is 0 Å². The highest BCUT2D eigenvalue weighted by Crippen LogP contribution is 2.38. The third-order valence-electron chi connectivity index (χ3n) is 7.52. The number of sulfonamides is 1. The van der Waals surface area contributed by atoms with Crippen LogP contribution in [0.5, 0.6) is 0 Å². The fourth-order valence-corrected chi connectivity index (χ4v) is 11.8. The minimum absolute atomic E-state index is 0.152. The molecule has 0 N–H and O–H groups in total. The Morgan fingerprint density at radius 1 is 0.884 bits per heavy atom. The molecule has 1 heterocycles.